The Morgan fingerprint density at radius 1 is 1.04 bits per heavy atom. The zero-order valence-corrected chi connectivity index (χ0v) is 26.3. The number of amidine groups is 1. The van der Waals surface area contributed by atoms with Crippen molar-refractivity contribution in [1.29, 1.82) is 0 Å². The topological polar surface area (TPSA) is 136 Å². The van der Waals surface area contributed by atoms with Crippen molar-refractivity contribution >= 4 is 50.1 Å². The number of thioether (sulfide) groups is 1. The van der Waals surface area contributed by atoms with Crippen LogP contribution in [0.1, 0.15) is 12.0 Å². The maximum atomic E-state index is 15.1. The summed E-state index contributed by atoms with van der Waals surface area (Å²) in [6.45, 7) is 0.970. The summed E-state index contributed by atoms with van der Waals surface area (Å²) in [5, 5.41) is 6.27. The third-order valence-electron chi connectivity index (χ3n) is 6.64. The van der Waals surface area contributed by atoms with E-state index in [-0.39, 0.29) is 45.1 Å². The molecule has 0 aliphatic carbocycles. The predicted octanol–water partition coefficient (Wildman–Crippen LogP) is 6.67. The minimum Gasteiger partial charge on any atom is -0.491 e. The van der Waals surface area contributed by atoms with Crippen molar-refractivity contribution in [2.24, 2.45) is 4.99 Å². The van der Waals surface area contributed by atoms with Crippen LogP contribution in [0.4, 0.5) is 46.9 Å². The number of sulfone groups is 1. The largest absolute Gasteiger partial charge is 0.501 e. The molecule has 0 saturated carbocycles. The van der Waals surface area contributed by atoms with E-state index in [9.17, 15) is 44.3 Å². The Balaban J connectivity index is 1.30. The molecule has 49 heavy (non-hydrogen) atoms. The van der Waals surface area contributed by atoms with Crippen molar-refractivity contribution in [2.45, 2.75) is 29.9 Å². The van der Waals surface area contributed by atoms with E-state index in [0.717, 1.165) is 51.7 Å². The number of amides is 3. The maximum absolute atomic E-state index is 15.1. The van der Waals surface area contributed by atoms with Gasteiger partial charge >= 0.3 is 17.7 Å². The molecule has 20 heteroatoms. The molecule has 0 bridgehead atoms. The lowest BCUT2D eigenvalue weighted by Crippen LogP contribution is -2.31. The first kappa shape index (κ1) is 35.3. The number of ether oxygens (including phenoxy) is 1. The number of alkyl halides is 6. The third-order valence-corrected chi connectivity index (χ3v) is 9.06. The van der Waals surface area contributed by atoms with E-state index in [4.69, 9.17) is 4.74 Å². The van der Waals surface area contributed by atoms with E-state index in [1.165, 1.54) is 30.6 Å². The molecule has 11 nitrogen and oxygen atoms in total. The molecule has 1 aliphatic rings. The highest BCUT2D eigenvalue weighted by Gasteiger charge is 2.46. The summed E-state index contributed by atoms with van der Waals surface area (Å²) in [6.07, 6.45) is -4.53. The molecule has 0 unspecified atom stereocenters. The van der Waals surface area contributed by atoms with Crippen LogP contribution in [-0.4, -0.2) is 64.3 Å². The van der Waals surface area contributed by atoms with Gasteiger partial charge in [-0.1, -0.05) is 17.8 Å². The fourth-order valence-electron chi connectivity index (χ4n) is 4.30. The van der Waals surface area contributed by atoms with Crippen LogP contribution >= 0.6 is 11.8 Å². The summed E-state index contributed by atoms with van der Waals surface area (Å²) >= 11 is 0.880. The zero-order valence-electron chi connectivity index (χ0n) is 24.7. The second-order valence-electron chi connectivity index (χ2n) is 10.2. The van der Waals surface area contributed by atoms with Gasteiger partial charge in [-0.2, -0.15) is 31.3 Å². The number of nitrogens with zero attached hydrogens (tertiary/aromatic N) is 5. The van der Waals surface area contributed by atoms with Gasteiger partial charge in [-0.05, 0) is 67.1 Å². The van der Waals surface area contributed by atoms with Gasteiger partial charge in [0, 0.05) is 5.56 Å². The Kier molecular flexibility index (Phi) is 9.73. The van der Waals surface area contributed by atoms with E-state index in [2.05, 4.69) is 20.4 Å². The van der Waals surface area contributed by atoms with E-state index < -0.39 is 57.2 Å². The van der Waals surface area contributed by atoms with Gasteiger partial charge in [0.25, 0.3) is 9.84 Å². The Morgan fingerprint density at radius 3 is 2.41 bits per heavy atom. The molecule has 258 valence electrons. The van der Waals surface area contributed by atoms with Gasteiger partial charge in [0.2, 0.25) is 5.91 Å². The molecule has 1 aliphatic heterocycles. The van der Waals surface area contributed by atoms with Gasteiger partial charge in [-0.25, -0.2) is 27.3 Å². The first-order valence-corrected chi connectivity index (χ1v) is 16.2. The number of nitrogens with one attached hydrogen (secondary N) is 1. The summed E-state index contributed by atoms with van der Waals surface area (Å²) in [5.41, 5.74) is -4.77. The van der Waals surface area contributed by atoms with Crippen LogP contribution in [0.15, 0.2) is 76.9 Å². The zero-order chi connectivity index (χ0) is 35.7. The number of hydrogen-bond acceptors (Lipinski definition) is 8. The number of carbonyl (C=O) groups is 2. The van der Waals surface area contributed by atoms with E-state index in [1.54, 1.807) is 13.0 Å². The average Bonchev–Trinajstić information content (AvgIpc) is 3.65. The van der Waals surface area contributed by atoms with Gasteiger partial charge in [0.1, 0.15) is 17.9 Å². The van der Waals surface area contributed by atoms with Gasteiger partial charge in [-0.3, -0.25) is 9.69 Å². The molecule has 0 atom stereocenters. The fourth-order valence-corrected chi connectivity index (χ4v) is 5.92. The Bertz CT molecular complexity index is 2050. The van der Waals surface area contributed by atoms with E-state index in [1.807, 2.05) is 0 Å². The summed E-state index contributed by atoms with van der Waals surface area (Å²) in [5.74, 6) is -1.65. The average molecular weight is 731 g/mol. The van der Waals surface area contributed by atoms with Gasteiger partial charge in [0.05, 0.1) is 40.7 Å². The number of aliphatic imine (C=N–C) groups is 1. The summed E-state index contributed by atoms with van der Waals surface area (Å²) in [6, 6.07) is 10.6. The molecule has 0 radical (unpaired) electrons. The molecule has 2 heterocycles. The fraction of sp³-hybridized carbons (Fsp3) is 0.207. The van der Waals surface area contributed by atoms with Crippen molar-refractivity contribution in [3.63, 3.8) is 0 Å². The molecular weight excluding hydrogens is 709 g/mol. The number of aryl methyl sites for hydroxylation is 1. The Hall–Kier alpha value is -4.98. The van der Waals surface area contributed by atoms with Crippen LogP contribution in [0, 0.1) is 12.7 Å². The van der Waals surface area contributed by atoms with E-state index in [0.29, 0.717) is 5.56 Å². The SMILES string of the molecule is Cc1ccc(OCCC(F)(F)F)c(N2C(=O)CSC2=NC(=O)Nc2ccc(-c3ncn(-c4ccc(S(=O)(=O)C(F)(F)F)cc4)n3)cc2F)c1. The minimum absolute atomic E-state index is 0.0214. The number of hydrogen-bond donors (Lipinski definition) is 1. The normalized spacial score (nSPS) is 14.8. The second kappa shape index (κ2) is 13.5. The highest BCUT2D eigenvalue weighted by Crippen LogP contribution is 2.36. The molecule has 3 amide bonds. The van der Waals surface area contributed by atoms with Gasteiger partial charge in [-0.15, -0.1) is 5.10 Å². The quantitative estimate of drug-likeness (QED) is 0.199. The van der Waals surface area contributed by atoms with Crippen LogP contribution in [0.3, 0.4) is 0 Å². The van der Waals surface area contributed by atoms with Crippen molar-refractivity contribution in [2.75, 3.05) is 22.6 Å². The lowest BCUT2D eigenvalue weighted by molar-refractivity contribution is -0.139. The summed E-state index contributed by atoms with van der Waals surface area (Å²) in [7, 11) is -5.55. The van der Waals surface area contributed by atoms with Gasteiger partial charge in [0.15, 0.2) is 11.0 Å². The molecular formula is C29H21F7N6O5S2. The molecule has 5 rings (SSSR count). The van der Waals surface area contributed by atoms with Crippen LogP contribution in [0.5, 0.6) is 5.75 Å². The highest BCUT2D eigenvalue weighted by atomic mass is 32.2. The minimum atomic E-state index is -5.55. The summed E-state index contributed by atoms with van der Waals surface area (Å²) < 4.78 is 121. The molecule has 0 spiro atoms. The Labute approximate surface area is 276 Å². The number of halogens is 7. The molecule has 3 aromatic carbocycles. The number of urea groups is 1. The van der Waals surface area contributed by atoms with Crippen molar-refractivity contribution in [3.05, 3.63) is 78.4 Å². The number of carbonyl (C=O) groups excluding carboxylic acids is 2. The number of benzene rings is 3. The molecule has 1 fully saturated rings. The number of aromatic nitrogens is 3. The van der Waals surface area contributed by atoms with E-state index >= 15 is 4.39 Å². The monoisotopic (exact) mass is 730 g/mol. The van der Waals surface area contributed by atoms with Gasteiger partial charge < -0.3 is 10.1 Å². The summed E-state index contributed by atoms with van der Waals surface area (Å²) in [4.78, 5) is 33.5. The molecule has 4 aromatic rings. The number of anilines is 2. The molecule has 1 aromatic heterocycles. The predicted molar refractivity (Wildman–Crippen MR) is 164 cm³/mol. The highest BCUT2D eigenvalue weighted by molar-refractivity contribution is 8.15. The lowest BCUT2D eigenvalue weighted by atomic mass is 10.2. The molecule has 1 N–H and O–H groups in total. The second-order valence-corrected chi connectivity index (χ2v) is 13.1. The third kappa shape index (κ3) is 8.02. The number of rotatable bonds is 8. The standard InChI is InChI=1S/C29H21F7N6O5S2/c1-16-2-9-23(47-11-10-28(31,32)33)22(12-16)42-24(43)14-48-27(42)39-26(44)38-21-8-3-17(13-20(21)30)25-37-15-41(40-25)18-4-6-19(7-5-18)49(45,46)29(34,35)36/h2-9,12-13,15H,10-11,14H2,1H3,(H,38,44). The smallest absolute Gasteiger partial charge is 0.491 e. The van der Waals surface area contributed by atoms with Crippen LogP contribution in [-0.2, 0) is 14.6 Å². The van der Waals surface area contributed by atoms with Crippen molar-refractivity contribution in [3.8, 4) is 22.8 Å². The first-order valence-electron chi connectivity index (χ1n) is 13.7. The Morgan fingerprint density at radius 2 is 1.76 bits per heavy atom. The maximum Gasteiger partial charge on any atom is 0.501 e. The van der Waals surface area contributed by atoms with Crippen LogP contribution in [0.25, 0.3) is 17.1 Å². The van der Waals surface area contributed by atoms with Crippen molar-refractivity contribution < 1.29 is 53.5 Å². The van der Waals surface area contributed by atoms with Crippen molar-refractivity contribution in [1.82, 2.24) is 14.8 Å². The van der Waals surface area contributed by atoms with Crippen LogP contribution in [0.2, 0.25) is 0 Å². The lowest BCUT2D eigenvalue weighted by Gasteiger charge is -2.20. The molecule has 1 saturated heterocycles. The van der Waals surface area contributed by atoms with Crippen LogP contribution < -0.4 is 15.0 Å². The first-order chi connectivity index (χ1) is 22.9.